The normalized spacial score (nSPS) is 23.1. The molecule has 0 spiro atoms. The zero-order valence-corrected chi connectivity index (χ0v) is 12.0. The van der Waals surface area contributed by atoms with E-state index in [4.69, 9.17) is 5.11 Å². The predicted octanol–water partition coefficient (Wildman–Crippen LogP) is 1.45. The van der Waals surface area contributed by atoms with Crippen LogP contribution in [-0.2, 0) is 4.79 Å². The molecule has 0 aliphatic carbocycles. The molecule has 0 radical (unpaired) electrons. The maximum absolute atomic E-state index is 12.4. The van der Waals surface area contributed by atoms with Crippen LogP contribution in [0.1, 0.15) is 42.1 Å². The fourth-order valence-electron chi connectivity index (χ4n) is 2.32. The maximum Gasteiger partial charge on any atom is 0.308 e. The molecule has 1 aliphatic heterocycles. The van der Waals surface area contributed by atoms with Crippen LogP contribution in [0.15, 0.2) is 0 Å². The van der Waals surface area contributed by atoms with E-state index in [0.29, 0.717) is 17.1 Å². The molecule has 7 heteroatoms. The SMILES string of the molecule is CC(C)c1nnsc1C(=O)N1C[C@@H](C)[C@H](C(=O)O)C1. The van der Waals surface area contributed by atoms with Gasteiger partial charge < -0.3 is 10.0 Å². The van der Waals surface area contributed by atoms with Crippen molar-refractivity contribution in [2.24, 2.45) is 11.8 Å². The van der Waals surface area contributed by atoms with Crippen LogP contribution >= 0.6 is 11.5 Å². The van der Waals surface area contributed by atoms with Crippen molar-refractivity contribution in [1.82, 2.24) is 14.5 Å². The molecular formula is C12H17N3O3S. The first-order valence-corrected chi connectivity index (χ1v) is 7.03. The van der Waals surface area contributed by atoms with Crippen molar-refractivity contribution in [1.29, 1.82) is 0 Å². The van der Waals surface area contributed by atoms with Crippen molar-refractivity contribution >= 4 is 23.4 Å². The van der Waals surface area contributed by atoms with E-state index < -0.39 is 11.9 Å². The molecule has 1 aliphatic rings. The number of carboxylic acids is 1. The third kappa shape index (κ3) is 2.60. The highest BCUT2D eigenvalue weighted by Crippen LogP contribution is 2.27. The summed E-state index contributed by atoms with van der Waals surface area (Å²) in [6, 6.07) is 0. The number of hydrogen-bond acceptors (Lipinski definition) is 5. The lowest BCUT2D eigenvalue weighted by Gasteiger charge is -2.15. The van der Waals surface area contributed by atoms with E-state index >= 15 is 0 Å². The van der Waals surface area contributed by atoms with Gasteiger partial charge in [-0.15, -0.1) is 5.10 Å². The van der Waals surface area contributed by atoms with Crippen LogP contribution in [0.4, 0.5) is 0 Å². The summed E-state index contributed by atoms with van der Waals surface area (Å²) in [4.78, 5) is 25.6. The van der Waals surface area contributed by atoms with Crippen LogP contribution < -0.4 is 0 Å². The number of hydrogen-bond donors (Lipinski definition) is 1. The largest absolute Gasteiger partial charge is 0.481 e. The van der Waals surface area contributed by atoms with Crippen LogP contribution in [-0.4, -0.2) is 44.6 Å². The summed E-state index contributed by atoms with van der Waals surface area (Å²) >= 11 is 1.08. The highest BCUT2D eigenvalue weighted by molar-refractivity contribution is 7.08. The van der Waals surface area contributed by atoms with Crippen molar-refractivity contribution in [3.63, 3.8) is 0 Å². The average Bonchev–Trinajstić information content (AvgIpc) is 2.93. The lowest BCUT2D eigenvalue weighted by Crippen LogP contribution is -2.30. The van der Waals surface area contributed by atoms with Gasteiger partial charge in [-0.2, -0.15) is 0 Å². The predicted molar refractivity (Wildman–Crippen MR) is 70.2 cm³/mol. The van der Waals surface area contributed by atoms with Crippen LogP contribution in [0.25, 0.3) is 0 Å². The molecule has 0 unspecified atom stereocenters. The molecule has 1 saturated heterocycles. The van der Waals surface area contributed by atoms with E-state index in [-0.39, 0.29) is 24.3 Å². The summed E-state index contributed by atoms with van der Waals surface area (Å²) in [5.74, 6) is -1.35. The molecule has 0 bridgehead atoms. The van der Waals surface area contributed by atoms with Gasteiger partial charge in [0.15, 0.2) is 0 Å². The first-order valence-electron chi connectivity index (χ1n) is 6.26. The minimum atomic E-state index is -0.839. The summed E-state index contributed by atoms with van der Waals surface area (Å²) in [6.45, 7) is 6.52. The number of rotatable bonds is 3. The molecule has 1 aromatic rings. The molecule has 6 nitrogen and oxygen atoms in total. The Labute approximate surface area is 115 Å². The van der Waals surface area contributed by atoms with E-state index in [0.717, 1.165) is 11.5 Å². The monoisotopic (exact) mass is 283 g/mol. The Morgan fingerprint density at radius 1 is 1.42 bits per heavy atom. The molecule has 0 aromatic carbocycles. The molecule has 1 N–H and O–H groups in total. The molecule has 1 amide bonds. The van der Waals surface area contributed by atoms with Crippen LogP contribution in [0.2, 0.25) is 0 Å². The van der Waals surface area contributed by atoms with Gasteiger partial charge in [0.05, 0.1) is 11.6 Å². The number of aromatic nitrogens is 2. The molecule has 104 valence electrons. The Balaban J connectivity index is 2.17. The van der Waals surface area contributed by atoms with Crippen molar-refractivity contribution in [2.75, 3.05) is 13.1 Å². The fourth-order valence-corrected chi connectivity index (χ4v) is 3.11. The summed E-state index contributed by atoms with van der Waals surface area (Å²) in [5, 5.41) is 13.1. The molecule has 2 heterocycles. The summed E-state index contributed by atoms with van der Waals surface area (Å²) in [5.41, 5.74) is 0.696. The van der Waals surface area contributed by atoms with Crippen molar-refractivity contribution in [3.8, 4) is 0 Å². The second-order valence-electron chi connectivity index (χ2n) is 5.27. The first-order chi connectivity index (χ1) is 8.91. The Morgan fingerprint density at radius 2 is 2.11 bits per heavy atom. The Hall–Kier alpha value is -1.50. The van der Waals surface area contributed by atoms with Gasteiger partial charge in [0.1, 0.15) is 4.88 Å². The summed E-state index contributed by atoms with van der Waals surface area (Å²) in [7, 11) is 0. The molecule has 1 aromatic heterocycles. The van der Waals surface area contributed by atoms with Crippen LogP contribution in [0.3, 0.4) is 0 Å². The average molecular weight is 283 g/mol. The molecule has 2 rings (SSSR count). The van der Waals surface area contributed by atoms with Crippen LogP contribution in [0, 0.1) is 11.8 Å². The Kier molecular flexibility index (Phi) is 3.84. The van der Waals surface area contributed by atoms with Crippen molar-refractivity contribution < 1.29 is 14.7 Å². The zero-order valence-electron chi connectivity index (χ0n) is 11.2. The van der Waals surface area contributed by atoms with E-state index in [2.05, 4.69) is 9.59 Å². The van der Waals surface area contributed by atoms with E-state index in [1.165, 1.54) is 0 Å². The second kappa shape index (κ2) is 5.24. The number of likely N-dealkylation sites (tertiary alicyclic amines) is 1. The number of carbonyl (C=O) groups is 2. The first kappa shape index (κ1) is 13.9. The highest BCUT2D eigenvalue weighted by Gasteiger charge is 2.38. The minimum absolute atomic E-state index is 0.0233. The van der Waals surface area contributed by atoms with Gasteiger partial charge in [-0.1, -0.05) is 25.3 Å². The standard InChI is InChI=1S/C12H17N3O3S/c1-6(2)9-10(19-14-13-9)11(16)15-4-7(3)8(5-15)12(17)18/h6-8H,4-5H2,1-3H3,(H,17,18)/t7-,8-/m1/s1. The van der Waals surface area contributed by atoms with Gasteiger partial charge in [-0.25, -0.2) is 0 Å². The lowest BCUT2D eigenvalue weighted by molar-refractivity contribution is -0.142. The third-order valence-corrected chi connectivity index (χ3v) is 4.20. The zero-order chi connectivity index (χ0) is 14.2. The van der Waals surface area contributed by atoms with E-state index in [1.54, 1.807) is 4.90 Å². The Morgan fingerprint density at radius 3 is 2.63 bits per heavy atom. The van der Waals surface area contributed by atoms with Crippen molar-refractivity contribution in [3.05, 3.63) is 10.6 Å². The van der Waals surface area contributed by atoms with Gasteiger partial charge in [0, 0.05) is 13.1 Å². The lowest BCUT2D eigenvalue weighted by atomic mass is 9.99. The van der Waals surface area contributed by atoms with E-state index in [1.807, 2.05) is 20.8 Å². The smallest absolute Gasteiger partial charge is 0.308 e. The topological polar surface area (TPSA) is 83.4 Å². The highest BCUT2D eigenvalue weighted by atomic mass is 32.1. The van der Waals surface area contributed by atoms with Gasteiger partial charge in [-0.05, 0) is 23.4 Å². The molecule has 0 saturated carbocycles. The fraction of sp³-hybridized carbons (Fsp3) is 0.667. The number of aliphatic carboxylic acids is 1. The molecular weight excluding hydrogens is 266 g/mol. The summed E-state index contributed by atoms with van der Waals surface area (Å²) < 4.78 is 3.84. The molecule has 19 heavy (non-hydrogen) atoms. The molecule has 1 fully saturated rings. The number of nitrogens with zero attached hydrogens (tertiary/aromatic N) is 3. The van der Waals surface area contributed by atoms with Gasteiger partial charge in [0.2, 0.25) is 0 Å². The Bertz CT molecular complexity index is 500. The number of amides is 1. The second-order valence-corrected chi connectivity index (χ2v) is 6.03. The minimum Gasteiger partial charge on any atom is -0.481 e. The summed E-state index contributed by atoms with van der Waals surface area (Å²) in [6.07, 6.45) is 0. The van der Waals surface area contributed by atoms with Gasteiger partial charge in [0.25, 0.3) is 5.91 Å². The number of carbonyl (C=O) groups excluding carboxylic acids is 1. The van der Waals surface area contributed by atoms with Crippen molar-refractivity contribution in [2.45, 2.75) is 26.7 Å². The van der Waals surface area contributed by atoms with Gasteiger partial charge >= 0.3 is 5.97 Å². The third-order valence-electron chi connectivity index (χ3n) is 3.47. The maximum atomic E-state index is 12.4. The van der Waals surface area contributed by atoms with Crippen LogP contribution in [0.5, 0.6) is 0 Å². The molecule has 2 atom stereocenters. The quantitative estimate of drug-likeness (QED) is 0.907. The number of carboxylic acid groups (broad SMARTS) is 1. The van der Waals surface area contributed by atoms with E-state index in [9.17, 15) is 9.59 Å². The van der Waals surface area contributed by atoms with Gasteiger partial charge in [-0.3, -0.25) is 9.59 Å².